The zero-order valence-corrected chi connectivity index (χ0v) is 14.2. The second-order valence-corrected chi connectivity index (χ2v) is 8.90. The molecule has 2 aromatic rings. The third-order valence-electron chi connectivity index (χ3n) is 2.40. The second-order valence-electron chi connectivity index (χ2n) is 4.00. The Balaban J connectivity index is 2.15. The quantitative estimate of drug-likeness (QED) is 0.769. The predicted molar refractivity (Wildman–Crippen MR) is 89.8 cm³/mol. The fourth-order valence-electron chi connectivity index (χ4n) is 1.54. The molecule has 0 aliphatic heterocycles. The molecule has 0 spiro atoms. The Morgan fingerprint density at radius 1 is 1.25 bits per heavy atom. The molecular formula is C12H11BrN2O2S3. The molecule has 8 heteroatoms. The lowest BCUT2D eigenvalue weighted by molar-refractivity contribution is 0.603. The third-order valence-corrected chi connectivity index (χ3v) is 6.04. The van der Waals surface area contributed by atoms with Gasteiger partial charge in [0.1, 0.15) is 4.21 Å². The molecule has 2 rings (SSSR count). The zero-order valence-electron chi connectivity index (χ0n) is 10.2. The molecule has 106 valence electrons. The van der Waals surface area contributed by atoms with Crippen LogP contribution in [0.25, 0.3) is 0 Å². The minimum absolute atomic E-state index is 0.261. The van der Waals surface area contributed by atoms with Gasteiger partial charge in [-0.3, -0.25) is 4.72 Å². The molecule has 0 amide bonds. The van der Waals surface area contributed by atoms with E-state index in [0.29, 0.717) is 17.1 Å². The van der Waals surface area contributed by atoms with Gasteiger partial charge in [-0.25, -0.2) is 8.42 Å². The largest absolute Gasteiger partial charge is 0.393 e. The highest BCUT2D eigenvalue weighted by molar-refractivity contribution is 9.11. The molecule has 0 atom stereocenters. The second kappa shape index (κ2) is 6.21. The molecule has 0 saturated heterocycles. The van der Waals surface area contributed by atoms with E-state index in [0.717, 1.165) is 20.7 Å². The summed E-state index contributed by atoms with van der Waals surface area (Å²) in [6.07, 6.45) is 0.500. The number of benzene rings is 1. The van der Waals surface area contributed by atoms with E-state index in [2.05, 4.69) is 20.7 Å². The molecule has 0 unspecified atom stereocenters. The molecule has 4 nitrogen and oxygen atoms in total. The summed E-state index contributed by atoms with van der Waals surface area (Å²) in [5.41, 5.74) is 6.90. The summed E-state index contributed by atoms with van der Waals surface area (Å²) in [7, 11) is -3.54. The lowest BCUT2D eigenvalue weighted by Gasteiger charge is -2.07. The fourth-order valence-corrected chi connectivity index (χ4v) is 4.77. The van der Waals surface area contributed by atoms with Crippen molar-refractivity contribution in [3.8, 4) is 0 Å². The van der Waals surface area contributed by atoms with Crippen molar-refractivity contribution >= 4 is 60.2 Å². The molecule has 0 saturated carbocycles. The first kappa shape index (κ1) is 15.4. The SMILES string of the molecule is NC(=S)Cc1ccc(NS(=O)(=O)c2ccc(Br)s2)cc1. The molecule has 0 radical (unpaired) electrons. The maximum Gasteiger partial charge on any atom is 0.271 e. The Morgan fingerprint density at radius 3 is 2.40 bits per heavy atom. The van der Waals surface area contributed by atoms with Crippen LogP contribution in [0.15, 0.2) is 44.4 Å². The Hall–Kier alpha value is -0.960. The smallest absolute Gasteiger partial charge is 0.271 e. The van der Waals surface area contributed by atoms with Crippen molar-refractivity contribution in [2.24, 2.45) is 5.73 Å². The van der Waals surface area contributed by atoms with E-state index in [1.807, 2.05) is 0 Å². The summed E-state index contributed by atoms with van der Waals surface area (Å²) in [4.78, 5) is 0.404. The molecule has 20 heavy (non-hydrogen) atoms. The van der Waals surface area contributed by atoms with Crippen LogP contribution in [-0.2, 0) is 16.4 Å². The number of nitrogens with one attached hydrogen (secondary N) is 1. The number of halogens is 1. The number of sulfonamides is 1. The Kier molecular flexibility index (Phi) is 4.79. The number of rotatable bonds is 5. The van der Waals surface area contributed by atoms with Gasteiger partial charge in [0.15, 0.2) is 0 Å². The van der Waals surface area contributed by atoms with Crippen LogP contribution in [0.2, 0.25) is 0 Å². The van der Waals surface area contributed by atoms with Gasteiger partial charge in [0, 0.05) is 12.1 Å². The summed E-state index contributed by atoms with van der Waals surface area (Å²) in [5.74, 6) is 0. The fraction of sp³-hybridized carbons (Fsp3) is 0.0833. The first-order valence-corrected chi connectivity index (χ1v) is 9.02. The summed E-state index contributed by atoms with van der Waals surface area (Å²) < 4.78 is 27.8. The van der Waals surface area contributed by atoms with Crippen molar-refractivity contribution in [1.82, 2.24) is 0 Å². The van der Waals surface area contributed by atoms with Crippen molar-refractivity contribution in [1.29, 1.82) is 0 Å². The van der Waals surface area contributed by atoms with Crippen molar-refractivity contribution in [2.75, 3.05) is 4.72 Å². The molecule has 0 aliphatic rings. The number of nitrogens with two attached hydrogens (primary N) is 1. The summed E-state index contributed by atoms with van der Waals surface area (Å²) >= 11 is 9.23. The number of thiophene rings is 1. The van der Waals surface area contributed by atoms with Gasteiger partial charge in [0.2, 0.25) is 0 Å². The van der Waals surface area contributed by atoms with Crippen molar-refractivity contribution < 1.29 is 8.42 Å². The van der Waals surface area contributed by atoms with Gasteiger partial charge in [-0.15, -0.1) is 11.3 Å². The average Bonchev–Trinajstić information content (AvgIpc) is 2.78. The van der Waals surface area contributed by atoms with Crippen LogP contribution in [0.4, 0.5) is 5.69 Å². The van der Waals surface area contributed by atoms with Gasteiger partial charge >= 0.3 is 0 Å². The highest BCUT2D eigenvalue weighted by Crippen LogP contribution is 2.27. The maximum atomic E-state index is 12.1. The zero-order chi connectivity index (χ0) is 14.8. The molecule has 1 aromatic carbocycles. The van der Waals surface area contributed by atoms with Crippen molar-refractivity contribution in [2.45, 2.75) is 10.6 Å². The topological polar surface area (TPSA) is 72.2 Å². The summed E-state index contributed by atoms with van der Waals surface area (Å²) in [6.45, 7) is 0. The molecular weight excluding hydrogens is 380 g/mol. The lowest BCUT2D eigenvalue weighted by atomic mass is 10.1. The van der Waals surface area contributed by atoms with Crippen LogP contribution in [0, 0.1) is 0 Å². The first-order valence-electron chi connectivity index (χ1n) is 5.52. The predicted octanol–water partition coefficient (Wildman–Crippen LogP) is 3.14. The Morgan fingerprint density at radius 2 is 1.90 bits per heavy atom. The highest BCUT2D eigenvalue weighted by Gasteiger charge is 2.16. The number of anilines is 1. The van der Waals surface area contributed by atoms with Crippen LogP contribution in [0.5, 0.6) is 0 Å². The molecule has 0 aliphatic carbocycles. The number of hydrogen-bond acceptors (Lipinski definition) is 4. The minimum Gasteiger partial charge on any atom is -0.393 e. The normalized spacial score (nSPS) is 11.2. The van der Waals surface area contributed by atoms with E-state index < -0.39 is 10.0 Å². The van der Waals surface area contributed by atoms with Gasteiger partial charge < -0.3 is 5.73 Å². The van der Waals surface area contributed by atoms with Crippen molar-refractivity contribution in [3.63, 3.8) is 0 Å². The molecule has 1 aromatic heterocycles. The van der Waals surface area contributed by atoms with Crippen LogP contribution in [0.1, 0.15) is 5.56 Å². The first-order chi connectivity index (χ1) is 9.37. The lowest BCUT2D eigenvalue weighted by Crippen LogP contribution is -2.12. The number of thiocarbonyl (C=S) groups is 1. The van der Waals surface area contributed by atoms with Gasteiger partial charge in [-0.1, -0.05) is 24.4 Å². The van der Waals surface area contributed by atoms with E-state index in [9.17, 15) is 8.42 Å². The van der Waals surface area contributed by atoms with E-state index >= 15 is 0 Å². The monoisotopic (exact) mass is 390 g/mol. The molecule has 1 heterocycles. The van der Waals surface area contributed by atoms with Crippen LogP contribution >= 0.6 is 39.5 Å². The van der Waals surface area contributed by atoms with Gasteiger partial charge in [0.25, 0.3) is 10.0 Å². The standard InChI is InChI=1S/C12H11BrN2O2S3/c13-10-5-6-12(19-10)20(16,17)15-9-3-1-8(2-4-9)7-11(14)18/h1-6,15H,7H2,(H2,14,18). The molecule has 0 bridgehead atoms. The minimum atomic E-state index is -3.54. The Labute approximate surface area is 135 Å². The van der Waals surface area contributed by atoms with Crippen LogP contribution in [0.3, 0.4) is 0 Å². The van der Waals surface area contributed by atoms with E-state index in [1.54, 1.807) is 36.4 Å². The highest BCUT2D eigenvalue weighted by atomic mass is 79.9. The van der Waals surface area contributed by atoms with E-state index in [-0.39, 0.29) is 4.21 Å². The maximum absolute atomic E-state index is 12.1. The van der Waals surface area contributed by atoms with Gasteiger partial charge in [-0.2, -0.15) is 0 Å². The Bertz CT molecular complexity index is 723. The average molecular weight is 391 g/mol. The number of hydrogen-bond donors (Lipinski definition) is 2. The third kappa shape index (κ3) is 4.02. The van der Waals surface area contributed by atoms with Gasteiger partial charge in [-0.05, 0) is 45.8 Å². The van der Waals surface area contributed by atoms with Crippen LogP contribution < -0.4 is 10.5 Å². The van der Waals surface area contributed by atoms with Crippen molar-refractivity contribution in [3.05, 3.63) is 45.7 Å². The molecule has 3 N–H and O–H groups in total. The van der Waals surface area contributed by atoms with Crippen LogP contribution in [-0.4, -0.2) is 13.4 Å². The van der Waals surface area contributed by atoms with E-state index in [1.165, 1.54) is 0 Å². The molecule has 0 fully saturated rings. The van der Waals surface area contributed by atoms with E-state index in [4.69, 9.17) is 18.0 Å². The van der Waals surface area contributed by atoms with Gasteiger partial charge in [0.05, 0.1) is 8.77 Å². The summed E-state index contributed by atoms with van der Waals surface area (Å²) in [6, 6.07) is 10.2. The summed E-state index contributed by atoms with van der Waals surface area (Å²) in [5, 5.41) is 0.